The summed E-state index contributed by atoms with van der Waals surface area (Å²) in [6.45, 7) is 2.07. The van der Waals surface area contributed by atoms with Crippen molar-refractivity contribution in [3.63, 3.8) is 0 Å². The normalized spacial score (nSPS) is 11.7. The Bertz CT molecular complexity index is 658. The predicted molar refractivity (Wildman–Crippen MR) is 77.5 cm³/mol. The Balaban J connectivity index is 1.99. The zero-order valence-corrected chi connectivity index (χ0v) is 11.8. The van der Waals surface area contributed by atoms with Crippen LogP contribution in [0, 0.1) is 18.3 Å². The van der Waals surface area contributed by atoms with Crippen molar-refractivity contribution in [1.29, 1.82) is 5.26 Å². The summed E-state index contributed by atoms with van der Waals surface area (Å²) in [6.07, 6.45) is -0.710. The fourth-order valence-corrected chi connectivity index (χ4v) is 2.75. The Morgan fingerprint density at radius 2 is 2.30 bits per heavy atom. The van der Waals surface area contributed by atoms with E-state index in [1.54, 1.807) is 18.2 Å². The Labute approximate surface area is 121 Å². The monoisotopic (exact) mass is 286 g/mol. The first kappa shape index (κ1) is 14.3. The third kappa shape index (κ3) is 3.23. The van der Waals surface area contributed by atoms with Crippen molar-refractivity contribution < 1.29 is 9.90 Å². The molecule has 1 aromatic carbocycles. The number of hydrogen-bond donors (Lipinski definition) is 2. The van der Waals surface area contributed by atoms with E-state index in [1.165, 1.54) is 17.4 Å². The van der Waals surface area contributed by atoms with Gasteiger partial charge in [-0.1, -0.05) is 6.07 Å². The summed E-state index contributed by atoms with van der Waals surface area (Å²) in [5.41, 5.74) is 1.87. The number of aryl methyl sites for hydroxylation is 1. The molecular formula is C15H14N2O2S. The maximum Gasteiger partial charge on any atom is 0.251 e. The van der Waals surface area contributed by atoms with E-state index in [4.69, 9.17) is 5.26 Å². The lowest BCUT2D eigenvalue weighted by Gasteiger charge is -2.11. The average molecular weight is 286 g/mol. The highest BCUT2D eigenvalue weighted by molar-refractivity contribution is 7.10. The lowest BCUT2D eigenvalue weighted by atomic mass is 10.1. The first-order chi connectivity index (χ1) is 9.61. The van der Waals surface area contributed by atoms with Crippen molar-refractivity contribution in [3.05, 3.63) is 57.3 Å². The van der Waals surface area contributed by atoms with Gasteiger partial charge in [0.1, 0.15) is 6.10 Å². The molecular weight excluding hydrogens is 272 g/mol. The molecule has 1 atom stereocenters. The van der Waals surface area contributed by atoms with E-state index in [0.29, 0.717) is 11.1 Å². The third-order valence-electron chi connectivity index (χ3n) is 2.91. The molecule has 0 saturated heterocycles. The van der Waals surface area contributed by atoms with E-state index in [-0.39, 0.29) is 12.5 Å². The molecule has 20 heavy (non-hydrogen) atoms. The molecule has 0 aliphatic heterocycles. The number of nitriles is 1. The average Bonchev–Trinajstić information content (AvgIpc) is 2.90. The van der Waals surface area contributed by atoms with E-state index in [1.807, 2.05) is 24.4 Å². The first-order valence-corrected chi connectivity index (χ1v) is 7.00. The summed E-state index contributed by atoms with van der Waals surface area (Å²) in [7, 11) is 0. The molecule has 0 spiro atoms. The minimum Gasteiger partial charge on any atom is -0.386 e. The zero-order chi connectivity index (χ0) is 14.5. The van der Waals surface area contributed by atoms with Crippen molar-refractivity contribution >= 4 is 17.2 Å². The number of nitrogens with one attached hydrogen (secondary N) is 1. The van der Waals surface area contributed by atoms with Crippen molar-refractivity contribution in [2.24, 2.45) is 0 Å². The predicted octanol–water partition coefficient (Wildman–Crippen LogP) is 2.39. The number of carbonyl (C=O) groups excluding carboxylic acids is 1. The number of thiophene rings is 1. The van der Waals surface area contributed by atoms with Gasteiger partial charge in [0.2, 0.25) is 0 Å². The molecule has 4 nitrogen and oxygen atoms in total. The van der Waals surface area contributed by atoms with Crippen LogP contribution in [-0.4, -0.2) is 17.6 Å². The molecule has 0 radical (unpaired) electrons. The molecule has 0 bridgehead atoms. The smallest absolute Gasteiger partial charge is 0.251 e. The van der Waals surface area contributed by atoms with Crippen LogP contribution >= 0.6 is 11.3 Å². The van der Waals surface area contributed by atoms with Gasteiger partial charge in [-0.25, -0.2) is 0 Å². The summed E-state index contributed by atoms with van der Waals surface area (Å²) in [5, 5.41) is 23.4. The highest BCUT2D eigenvalue weighted by atomic mass is 32.1. The largest absolute Gasteiger partial charge is 0.386 e. The van der Waals surface area contributed by atoms with E-state index in [0.717, 1.165) is 10.4 Å². The lowest BCUT2D eigenvalue weighted by molar-refractivity contribution is 0.0917. The quantitative estimate of drug-likeness (QED) is 0.906. The molecule has 0 fully saturated rings. The van der Waals surface area contributed by atoms with E-state index in [9.17, 15) is 9.90 Å². The van der Waals surface area contributed by atoms with Crippen LogP contribution in [0.3, 0.4) is 0 Å². The molecule has 0 aliphatic rings. The SMILES string of the molecule is Cc1ccsc1[C@H](O)CNC(=O)c1cccc(C#N)c1. The van der Waals surface area contributed by atoms with Gasteiger partial charge >= 0.3 is 0 Å². The Hall–Kier alpha value is -2.16. The molecule has 1 amide bonds. The minimum absolute atomic E-state index is 0.150. The zero-order valence-electron chi connectivity index (χ0n) is 11.0. The van der Waals surface area contributed by atoms with Crippen molar-refractivity contribution in [3.8, 4) is 6.07 Å². The van der Waals surface area contributed by atoms with Crippen LogP contribution in [0.5, 0.6) is 0 Å². The Kier molecular flexibility index (Phi) is 4.51. The number of amides is 1. The topological polar surface area (TPSA) is 73.1 Å². The second-order valence-corrected chi connectivity index (χ2v) is 5.33. The summed E-state index contributed by atoms with van der Waals surface area (Å²) >= 11 is 1.47. The molecule has 5 heteroatoms. The molecule has 1 aromatic heterocycles. The van der Waals surface area contributed by atoms with Gasteiger partial charge in [-0.3, -0.25) is 4.79 Å². The number of hydrogen-bond acceptors (Lipinski definition) is 4. The molecule has 0 saturated carbocycles. The second kappa shape index (κ2) is 6.33. The molecule has 2 N–H and O–H groups in total. The van der Waals surface area contributed by atoms with Gasteiger partial charge in [-0.05, 0) is 42.1 Å². The number of rotatable bonds is 4. The van der Waals surface area contributed by atoms with Crippen LogP contribution in [0.25, 0.3) is 0 Å². The van der Waals surface area contributed by atoms with Crippen molar-refractivity contribution in [2.75, 3.05) is 6.54 Å². The molecule has 1 heterocycles. The number of carbonyl (C=O) groups is 1. The van der Waals surface area contributed by atoms with Crippen LogP contribution in [0.4, 0.5) is 0 Å². The molecule has 0 unspecified atom stereocenters. The lowest BCUT2D eigenvalue weighted by Crippen LogP contribution is -2.28. The Morgan fingerprint density at radius 1 is 1.50 bits per heavy atom. The summed E-state index contributed by atoms with van der Waals surface area (Å²) < 4.78 is 0. The summed E-state index contributed by atoms with van der Waals surface area (Å²) in [4.78, 5) is 12.8. The maximum atomic E-state index is 11.9. The Morgan fingerprint density at radius 3 is 2.95 bits per heavy atom. The number of aliphatic hydroxyl groups excluding tert-OH is 1. The first-order valence-electron chi connectivity index (χ1n) is 6.12. The fourth-order valence-electron chi connectivity index (χ4n) is 1.84. The number of aliphatic hydroxyl groups is 1. The van der Waals surface area contributed by atoms with E-state index < -0.39 is 6.10 Å². The molecule has 0 aliphatic carbocycles. The third-order valence-corrected chi connectivity index (χ3v) is 4.03. The van der Waals surface area contributed by atoms with Crippen LogP contribution in [0.15, 0.2) is 35.7 Å². The van der Waals surface area contributed by atoms with Crippen LogP contribution in [-0.2, 0) is 0 Å². The van der Waals surface area contributed by atoms with Gasteiger partial charge in [-0.15, -0.1) is 11.3 Å². The molecule has 102 valence electrons. The van der Waals surface area contributed by atoms with Crippen LogP contribution < -0.4 is 5.32 Å². The van der Waals surface area contributed by atoms with E-state index >= 15 is 0 Å². The number of nitrogens with zero attached hydrogens (tertiary/aromatic N) is 1. The maximum absolute atomic E-state index is 11.9. The van der Waals surface area contributed by atoms with E-state index in [2.05, 4.69) is 5.32 Å². The van der Waals surface area contributed by atoms with Crippen molar-refractivity contribution in [1.82, 2.24) is 5.32 Å². The van der Waals surface area contributed by atoms with Gasteiger partial charge in [0.25, 0.3) is 5.91 Å². The minimum atomic E-state index is -0.710. The van der Waals surface area contributed by atoms with Gasteiger partial charge in [0.15, 0.2) is 0 Å². The standard InChI is InChI=1S/C15H14N2O2S/c1-10-5-6-20-14(10)13(18)9-17-15(19)12-4-2-3-11(7-12)8-16/h2-7,13,18H,9H2,1H3,(H,17,19)/t13-/m1/s1. The summed E-state index contributed by atoms with van der Waals surface area (Å²) in [6, 6.07) is 10.4. The highest BCUT2D eigenvalue weighted by Crippen LogP contribution is 2.23. The van der Waals surface area contributed by atoms with Crippen LogP contribution in [0.2, 0.25) is 0 Å². The van der Waals surface area contributed by atoms with Crippen LogP contribution in [0.1, 0.15) is 32.5 Å². The van der Waals surface area contributed by atoms with Gasteiger partial charge < -0.3 is 10.4 Å². The number of benzene rings is 1. The fraction of sp³-hybridized carbons (Fsp3) is 0.200. The molecule has 2 rings (SSSR count). The van der Waals surface area contributed by atoms with Gasteiger partial charge in [0, 0.05) is 17.0 Å². The highest BCUT2D eigenvalue weighted by Gasteiger charge is 2.14. The second-order valence-electron chi connectivity index (χ2n) is 4.39. The summed E-state index contributed by atoms with van der Waals surface area (Å²) in [5.74, 6) is -0.296. The molecule has 2 aromatic rings. The van der Waals surface area contributed by atoms with Gasteiger partial charge in [-0.2, -0.15) is 5.26 Å². The van der Waals surface area contributed by atoms with Crippen molar-refractivity contribution in [2.45, 2.75) is 13.0 Å². The van der Waals surface area contributed by atoms with Gasteiger partial charge in [0.05, 0.1) is 11.6 Å².